The van der Waals surface area contributed by atoms with E-state index in [0.29, 0.717) is 19.6 Å². The van der Waals surface area contributed by atoms with Crippen LogP contribution in [-0.2, 0) is 9.53 Å². The molecule has 1 saturated heterocycles. The molecule has 0 aromatic heterocycles. The highest BCUT2D eigenvalue weighted by atomic mass is 16.5. The summed E-state index contributed by atoms with van der Waals surface area (Å²) in [6.45, 7) is 5.10. The fraction of sp³-hybridized carbons (Fsp3) is 0.533. The van der Waals surface area contributed by atoms with E-state index in [1.165, 1.54) is 0 Å². The van der Waals surface area contributed by atoms with Crippen molar-refractivity contribution >= 4 is 17.3 Å². The topological polar surface area (TPSA) is 50.8 Å². The van der Waals surface area contributed by atoms with E-state index in [1.54, 1.807) is 7.11 Å². The average molecular weight is 278 g/mol. The molecule has 0 bridgehead atoms. The molecule has 1 aromatic rings. The molecule has 5 heteroatoms. The van der Waals surface area contributed by atoms with E-state index in [9.17, 15) is 4.79 Å². The zero-order valence-electron chi connectivity index (χ0n) is 12.1. The van der Waals surface area contributed by atoms with Crippen molar-refractivity contribution in [2.45, 2.75) is 19.8 Å². The first kappa shape index (κ1) is 14.7. The number of nitrogens with zero attached hydrogens (tertiary/aromatic N) is 1. The van der Waals surface area contributed by atoms with E-state index in [4.69, 9.17) is 9.47 Å². The summed E-state index contributed by atoms with van der Waals surface area (Å²) in [5, 5.41) is 2.98. The van der Waals surface area contributed by atoms with Gasteiger partial charge in [0.15, 0.2) is 0 Å². The van der Waals surface area contributed by atoms with E-state index in [2.05, 4.69) is 10.2 Å². The average Bonchev–Trinajstić information content (AvgIpc) is 2.48. The molecule has 1 amide bonds. The molecular weight excluding hydrogens is 256 g/mol. The lowest BCUT2D eigenvalue weighted by Gasteiger charge is -2.30. The first-order valence-electron chi connectivity index (χ1n) is 7.05. The first-order valence-corrected chi connectivity index (χ1v) is 7.05. The summed E-state index contributed by atoms with van der Waals surface area (Å²) in [6, 6.07) is 5.78. The molecule has 0 unspecified atom stereocenters. The second kappa shape index (κ2) is 7.14. The van der Waals surface area contributed by atoms with Crippen LogP contribution < -0.4 is 15.0 Å². The molecule has 1 aromatic carbocycles. The van der Waals surface area contributed by atoms with Crippen LogP contribution in [0.2, 0.25) is 0 Å². The molecule has 5 nitrogen and oxygen atoms in total. The number of hydrogen-bond acceptors (Lipinski definition) is 4. The number of nitrogens with one attached hydrogen (secondary N) is 1. The number of benzene rings is 1. The van der Waals surface area contributed by atoms with Gasteiger partial charge < -0.3 is 19.7 Å². The number of carbonyl (C=O) groups is 1. The molecule has 1 aliphatic rings. The molecule has 0 atom stereocenters. The van der Waals surface area contributed by atoms with E-state index >= 15 is 0 Å². The van der Waals surface area contributed by atoms with Crippen LogP contribution in [0.25, 0.3) is 0 Å². The van der Waals surface area contributed by atoms with E-state index in [-0.39, 0.29) is 5.91 Å². The molecule has 0 saturated carbocycles. The van der Waals surface area contributed by atoms with Gasteiger partial charge in [0.05, 0.1) is 31.7 Å². The van der Waals surface area contributed by atoms with Crippen molar-refractivity contribution in [3.05, 3.63) is 18.2 Å². The minimum absolute atomic E-state index is 0.0373. The van der Waals surface area contributed by atoms with E-state index < -0.39 is 0 Å². The van der Waals surface area contributed by atoms with Gasteiger partial charge in [0, 0.05) is 25.6 Å². The van der Waals surface area contributed by atoms with Crippen LogP contribution in [0.1, 0.15) is 19.8 Å². The fourth-order valence-electron chi connectivity index (χ4n) is 2.26. The fourth-order valence-corrected chi connectivity index (χ4v) is 2.26. The van der Waals surface area contributed by atoms with Crippen LogP contribution in [0, 0.1) is 0 Å². The molecule has 110 valence electrons. The van der Waals surface area contributed by atoms with Crippen LogP contribution in [0.15, 0.2) is 18.2 Å². The number of morpholine rings is 1. The lowest BCUT2D eigenvalue weighted by Crippen LogP contribution is -2.36. The van der Waals surface area contributed by atoms with Gasteiger partial charge in [-0.25, -0.2) is 0 Å². The number of carbonyl (C=O) groups excluding carboxylic acids is 1. The zero-order valence-corrected chi connectivity index (χ0v) is 12.1. The number of methoxy groups -OCH3 is 1. The van der Waals surface area contributed by atoms with Crippen molar-refractivity contribution in [2.24, 2.45) is 0 Å². The first-order chi connectivity index (χ1) is 9.74. The predicted octanol–water partition coefficient (Wildman–Crippen LogP) is 2.27. The number of hydrogen-bond donors (Lipinski definition) is 1. The minimum atomic E-state index is 0.0373. The molecular formula is C15H22N2O3. The Morgan fingerprint density at radius 2 is 2.15 bits per heavy atom. The van der Waals surface area contributed by atoms with Gasteiger partial charge in [-0.05, 0) is 18.6 Å². The predicted molar refractivity (Wildman–Crippen MR) is 79.6 cm³/mol. The van der Waals surface area contributed by atoms with Gasteiger partial charge in [0.25, 0.3) is 0 Å². The van der Waals surface area contributed by atoms with Crippen molar-refractivity contribution in [2.75, 3.05) is 43.6 Å². The third-order valence-corrected chi connectivity index (χ3v) is 3.31. The summed E-state index contributed by atoms with van der Waals surface area (Å²) in [4.78, 5) is 14.1. The monoisotopic (exact) mass is 278 g/mol. The van der Waals surface area contributed by atoms with Crippen LogP contribution in [0.4, 0.5) is 11.4 Å². The molecule has 1 fully saturated rings. The van der Waals surface area contributed by atoms with E-state index in [1.807, 2.05) is 25.1 Å². The van der Waals surface area contributed by atoms with Gasteiger partial charge in [-0.15, -0.1) is 0 Å². The van der Waals surface area contributed by atoms with Crippen molar-refractivity contribution in [3.63, 3.8) is 0 Å². The minimum Gasteiger partial charge on any atom is -0.497 e. The molecule has 1 N–H and O–H groups in total. The summed E-state index contributed by atoms with van der Waals surface area (Å²) in [5.41, 5.74) is 1.84. The molecule has 1 aliphatic heterocycles. The standard InChI is InChI=1S/C15H22N2O3/c1-3-4-15(18)16-13-11-12(19-2)5-6-14(13)17-7-9-20-10-8-17/h5-6,11H,3-4,7-10H2,1-2H3,(H,16,18). The maximum Gasteiger partial charge on any atom is 0.224 e. The summed E-state index contributed by atoms with van der Waals surface area (Å²) < 4.78 is 10.6. The normalized spacial score (nSPS) is 15.0. The highest BCUT2D eigenvalue weighted by Gasteiger charge is 2.16. The summed E-state index contributed by atoms with van der Waals surface area (Å²) in [7, 11) is 1.63. The Bertz CT molecular complexity index is 456. The summed E-state index contributed by atoms with van der Waals surface area (Å²) in [5.74, 6) is 0.782. The highest BCUT2D eigenvalue weighted by Crippen LogP contribution is 2.31. The van der Waals surface area contributed by atoms with Crippen LogP contribution in [-0.4, -0.2) is 39.3 Å². The molecule has 0 spiro atoms. The molecule has 0 aliphatic carbocycles. The van der Waals surface area contributed by atoms with Gasteiger partial charge >= 0.3 is 0 Å². The van der Waals surface area contributed by atoms with Crippen LogP contribution in [0.3, 0.4) is 0 Å². The number of ether oxygens (including phenoxy) is 2. The van der Waals surface area contributed by atoms with Gasteiger partial charge in [-0.1, -0.05) is 6.92 Å². The molecule has 2 rings (SSSR count). The SMILES string of the molecule is CCCC(=O)Nc1cc(OC)ccc1N1CCOCC1. The van der Waals surface area contributed by atoms with Crippen molar-refractivity contribution in [1.29, 1.82) is 0 Å². The Kier molecular flexibility index (Phi) is 5.24. The van der Waals surface area contributed by atoms with Gasteiger partial charge in [-0.3, -0.25) is 4.79 Å². The van der Waals surface area contributed by atoms with Gasteiger partial charge in [0.2, 0.25) is 5.91 Å². The maximum absolute atomic E-state index is 11.9. The van der Waals surface area contributed by atoms with Crippen molar-refractivity contribution in [3.8, 4) is 5.75 Å². The van der Waals surface area contributed by atoms with Crippen LogP contribution in [0.5, 0.6) is 5.75 Å². The van der Waals surface area contributed by atoms with Crippen molar-refractivity contribution < 1.29 is 14.3 Å². The van der Waals surface area contributed by atoms with Crippen LogP contribution >= 0.6 is 0 Å². The third-order valence-electron chi connectivity index (χ3n) is 3.31. The highest BCUT2D eigenvalue weighted by molar-refractivity contribution is 5.94. The Morgan fingerprint density at radius 3 is 2.80 bits per heavy atom. The number of amides is 1. The Morgan fingerprint density at radius 1 is 1.40 bits per heavy atom. The molecule has 0 radical (unpaired) electrons. The summed E-state index contributed by atoms with van der Waals surface area (Å²) >= 11 is 0. The van der Waals surface area contributed by atoms with Gasteiger partial charge in [-0.2, -0.15) is 0 Å². The molecule has 20 heavy (non-hydrogen) atoms. The third kappa shape index (κ3) is 3.63. The maximum atomic E-state index is 11.9. The lowest BCUT2D eigenvalue weighted by atomic mass is 10.2. The van der Waals surface area contributed by atoms with E-state index in [0.717, 1.165) is 36.6 Å². The Labute approximate surface area is 119 Å². The van der Waals surface area contributed by atoms with Gasteiger partial charge in [0.1, 0.15) is 5.75 Å². The zero-order chi connectivity index (χ0) is 14.4. The largest absolute Gasteiger partial charge is 0.497 e. The summed E-state index contributed by atoms with van der Waals surface area (Å²) in [6.07, 6.45) is 1.36. The lowest BCUT2D eigenvalue weighted by molar-refractivity contribution is -0.116. The smallest absolute Gasteiger partial charge is 0.224 e. The second-order valence-corrected chi connectivity index (χ2v) is 4.78. The quantitative estimate of drug-likeness (QED) is 0.897. The number of rotatable bonds is 5. The van der Waals surface area contributed by atoms with Crippen molar-refractivity contribution in [1.82, 2.24) is 0 Å². The Balaban J connectivity index is 2.22. The number of anilines is 2. The second-order valence-electron chi connectivity index (χ2n) is 4.78. The Hall–Kier alpha value is -1.75. The molecule has 1 heterocycles.